The zero-order valence-corrected chi connectivity index (χ0v) is 24.3. The molecule has 9 nitrogen and oxygen atoms in total. The fourth-order valence-electron chi connectivity index (χ4n) is 7.02. The Hall–Kier alpha value is -3.87. The van der Waals surface area contributed by atoms with Gasteiger partial charge in [0.2, 0.25) is 12.0 Å². The van der Waals surface area contributed by atoms with Crippen molar-refractivity contribution in [2.45, 2.75) is 55.7 Å². The average molecular weight is 682 g/mol. The standard InChI is InChI=1S/C28H25F10N7O2/c1-11-16(27(33,34)35)12(6-13(39)17(11)29)19-18(30)20-15-22(43-24(42-20)46-10-25-2-4-44(25)9-26(31,32)8-25)45-5-3-40-7-14(45)21(28(36,37)38)47-23(15)41-19/h6,14,21,40H,2-5,7-10,39H2,1H3/t14-,21+,25-/m0/s1. The number of piperazine rings is 1. The molecule has 0 bridgehead atoms. The van der Waals surface area contributed by atoms with Gasteiger partial charge in [0.15, 0.2) is 5.82 Å². The summed E-state index contributed by atoms with van der Waals surface area (Å²) >= 11 is 0. The number of nitrogens with two attached hydrogens (primary N) is 1. The monoisotopic (exact) mass is 681 g/mol. The Morgan fingerprint density at radius 1 is 1.09 bits per heavy atom. The summed E-state index contributed by atoms with van der Waals surface area (Å²) in [6.45, 7) is 0.0405. The van der Waals surface area contributed by atoms with E-state index in [-0.39, 0.29) is 32.1 Å². The number of nitrogens with zero attached hydrogens (tertiary/aromatic N) is 5. The molecule has 2 aromatic heterocycles. The topological polar surface area (TPSA) is 102 Å². The molecule has 19 heteroatoms. The van der Waals surface area contributed by atoms with Crippen LogP contribution in [0.2, 0.25) is 0 Å². The van der Waals surface area contributed by atoms with Crippen LogP contribution in [0.15, 0.2) is 6.07 Å². The molecule has 254 valence electrons. The molecular weight excluding hydrogens is 656 g/mol. The number of nitrogen functional groups attached to an aromatic ring is 1. The van der Waals surface area contributed by atoms with Gasteiger partial charge in [-0.3, -0.25) is 4.90 Å². The summed E-state index contributed by atoms with van der Waals surface area (Å²) in [5, 5.41) is 2.34. The number of benzene rings is 1. The van der Waals surface area contributed by atoms with Gasteiger partial charge in [-0.15, -0.1) is 0 Å². The Labute approximate surface area is 259 Å². The SMILES string of the molecule is Cc1c(F)c(N)cc(-c2nc3c4c(nc(OC[C@@]56CCN5CC(F)(F)C6)nc4c2F)N2CCNC[C@H]2[C@H](C(F)(F)F)O3)c1C(F)(F)F. The van der Waals surface area contributed by atoms with Crippen LogP contribution in [0.5, 0.6) is 11.9 Å². The second-order valence-electron chi connectivity index (χ2n) is 12.2. The van der Waals surface area contributed by atoms with Crippen LogP contribution in [0, 0.1) is 18.6 Å². The number of anilines is 2. The molecule has 4 aliphatic heterocycles. The van der Waals surface area contributed by atoms with Crippen molar-refractivity contribution in [2.24, 2.45) is 0 Å². The molecule has 3 saturated heterocycles. The number of halogens is 10. The van der Waals surface area contributed by atoms with Gasteiger partial charge in [0.05, 0.1) is 29.4 Å². The van der Waals surface area contributed by atoms with E-state index >= 15 is 4.39 Å². The Kier molecular flexibility index (Phi) is 6.96. The van der Waals surface area contributed by atoms with Gasteiger partial charge in [0.1, 0.15) is 34.8 Å². The highest BCUT2D eigenvalue weighted by atomic mass is 19.4. The van der Waals surface area contributed by atoms with E-state index in [1.165, 1.54) is 9.80 Å². The van der Waals surface area contributed by atoms with Gasteiger partial charge in [-0.2, -0.15) is 36.3 Å². The number of fused-ring (bicyclic) bond motifs is 3. The summed E-state index contributed by atoms with van der Waals surface area (Å²) in [6, 6.07) is -1.64. The highest BCUT2D eigenvalue weighted by Crippen LogP contribution is 2.49. The van der Waals surface area contributed by atoms with Crippen LogP contribution in [0.3, 0.4) is 0 Å². The summed E-state index contributed by atoms with van der Waals surface area (Å²) < 4.78 is 157. The van der Waals surface area contributed by atoms with Crippen LogP contribution >= 0.6 is 0 Å². The Balaban J connectivity index is 1.45. The number of alkyl halides is 8. The van der Waals surface area contributed by atoms with Crippen molar-refractivity contribution in [2.75, 3.05) is 50.0 Å². The molecular formula is C28H25F10N7O2. The third-order valence-corrected chi connectivity index (χ3v) is 9.24. The lowest BCUT2D eigenvalue weighted by Crippen LogP contribution is -2.61. The lowest BCUT2D eigenvalue weighted by atomic mass is 9.85. The molecule has 0 aliphatic carbocycles. The van der Waals surface area contributed by atoms with Crippen LogP contribution < -0.4 is 25.4 Å². The lowest BCUT2D eigenvalue weighted by molar-refractivity contribution is -0.201. The first kappa shape index (κ1) is 31.7. The minimum Gasteiger partial charge on any atom is -0.462 e. The molecule has 3 fully saturated rings. The maximum absolute atomic E-state index is 16.5. The molecule has 0 spiro atoms. The predicted molar refractivity (Wildman–Crippen MR) is 145 cm³/mol. The van der Waals surface area contributed by atoms with E-state index in [1.54, 1.807) is 0 Å². The van der Waals surface area contributed by atoms with Crippen LogP contribution in [-0.4, -0.2) is 89.0 Å². The minimum atomic E-state index is -5.28. The largest absolute Gasteiger partial charge is 0.462 e. The Bertz CT molecular complexity index is 1790. The van der Waals surface area contributed by atoms with Gasteiger partial charge in [0.25, 0.3) is 5.92 Å². The molecule has 3 atom stereocenters. The fourth-order valence-corrected chi connectivity index (χ4v) is 7.02. The van der Waals surface area contributed by atoms with Gasteiger partial charge in [0, 0.05) is 38.2 Å². The summed E-state index contributed by atoms with van der Waals surface area (Å²) in [6.07, 6.45) is -13.2. The number of nitrogens with one attached hydrogen (secondary N) is 1. The summed E-state index contributed by atoms with van der Waals surface area (Å²) in [7, 11) is 0. The molecule has 0 saturated carbocycles. The average Bonchev–Trinajstić information content (AvgIpc) is 3.07. The van der Waals surface area contributed by atoms with E-state index in [9.17, 15) is 39.5 Å². The molecule has 0 unspecified atom stereocenters. The number of ether oxygens (including phenoxy) is 2. The highest BCUT2D eigenvalue weighted by molar-refractivity contribution is 5.97. The molecule has 3 aromatic rings. The number of hydrogen-bond acceptors (Lipinski definition) is 9. The highest BCUT2D eigenvalue weighted by Gasteiger charge is 2.60. The van der Waals surface area contributed by atoms with Crippen LogP contribution in [0.25, 0.3) is 22.2 Å². The number of aromatic nitrogens is 3. The van der Waals surface area contributed by atoms with Gasteiger partial charge >= 0.3 is 18.4 Å². The van der Waals surface area contributed by atoms with Crippen LogP contribution in [0.4, 0.5) is 55.4 Å². The van der Waals surface area contributed by atoms with E-state index < -0.39 is 111 Å². The predicted octanol–water partition coefficient (Wildman–Crippen LogP) is 4.84. The van der Waals surface area contributed by atoms with Gasteiger partial charge in [-0.05, 0) is 25.0 Å². The first-order valence-corrected chi connectivity index (χ1v) is 14.4. The van der Waals surface area contributed by atoms with Crippen molar-refractivity contribution >= 4 is 22.4 Å². The lowest BCUT2D eigenvalue weighted by Gasteiger charge is -2.46. The van der Waals surface area contributed by atoms with Gasteiger partial charge < -0.3 is 25.4 Å². The normalized spacial score (nSPS) is 25.6. The van der Waals surface area contributed by atoms with Crippen molar-refractivity contribution < 1.29 is 53.4 Å². The zero-order valence-electron chi connectivity index (χ0n) is 24.3. The first-order chi connectivity index (χ1) is 21.9. The number of pyridine rings is 1. The summed E-state index contributed by atoms with van der Waals surface area (Å²) in [4.78, 5) is 14.8. The molecule has 47 heavy (non-hydrogen) atoms. The fraction of sp³-hybridized carbons (Fsp3) is 0.536. The summed E-state index contributed by atoms with van der Waals surface area (Å²) in [5.74, 6) is -7.20. The van der Waals surface area contributed by atoms with Crippen molar-refractivity contribution in [1.82, 2.24) is 25.2 Å². The van der Waals surface area contributed by atoms with Gasteiger partial charge in [-0.1, -0.05) is 0 Å². The smallest absolute Gasteiger partial charge is 0.427 e. The maximum Gasteiger partial charge on any atom is 0.427 e. The maximum atomic E-state index is 16.5. The molecule has 0 radical (unpaired) electrons. The molecule has 6 heterocycles. The first-order valence-electron chi connectivity index (χ1n) is 14.4. The third-order valence-electron chi connectivity index (χ3n) is 9.24. The summed E-state index contributed by atoms with van der Waals surface area (Å²) in [5.41, 5.74) is -1.99. The van der Waals surface area contributed by atoms with Crippen molar-refractivity contribution in [1.29, 1.82) is 0 Å². The van der Waals surface area contributed by atoms with Crippen molar-refractivity contribution in [3.8, 4) is 23.1 Å². The van der Waals surface area contributed by atoms with Crippen molar-refractivity contribution in [3.05, 3.63) is 28.8 Å². The van der Waals surface area contributed by atoms with E-state index in [1.807, 2.05) is 0 Å². The van der Waals surface area contributed by atoms with Crippen LogP contribution in [-0.2, 0) is 6.18 Å². The molecule has 0 amide bonds. The van der Waals surface area contributed by atoms with E-state index in [2.05, 4.69) is 20.3 Å². The quantitative estimate of drug-likeness (QED) is 0.296. The molecule has 1 aromatic carbocycles. The second-order valence-corrected chi connectivity index (χ2v) is 12.2. The van der Waals surface area contributed by atoms with E-state index in [0.29, 0.717) is 19.0 Å². The molecule has 4 aliphatic rings. The van der Waals surface area contributed by atoms with Crippen molar-refractivity contribution in [3.63, 3.8) is 0 Å². The molecule has 7 rings (SSSR count). The van der Waals surface area contributed by atoms with Gasteiger partial charge in [-0.25, -0.2) is 22.5 Å². The zero-order chi connectivity index (χ0) is 33.8. The second kappa shape index (κ2) is 10.3. The third kappa shape index (κ3) is 5.03. The van der Waals surface area contributed by atoms with E-state index in [4.69, 9.17) is 15.2 Å². The number of hydrogen-bond donors (Lipinski definition) is 2. The Morgan fingerprint density at radius 3 is 2.47 bits per heavy atom. The Morgan fingerprint density at radius 2 is 1.83 bits per heavy atom. The van der Waals surface area contributed by atoms with Crippen LogP contribution in [0.1, 0.15) is 24.0 Å². The molecule has 3 N–H and O–H groups in total. The minimum absolute atomic E-state index is 0.0924. The number of rotatable bonds is 4. The van der Waals surface area contributed by atoms with E-state index in [0.717, 1.165) is 6.92 Å².